The zero-order valence-electron chi connectivity index (χ0n) is 17.1. The van der Waals surface area contributed by atoms with Gasteiger partial charge in [-0.3, -0.25) is 0 Å². The molecule has 1 aliphatic heterocycles. The van der Waals surface area contributed by atoms with Crippen molar-refractivity contribution in [1.29, 1.82) is 0 Å². The zero-order chi connectivity index (χ0) is 22.0. The van der Waals surface area contributed by atoms with E-state index < -0.39 is 10.0 Å². The van der Waals surface area contributed by atoms with Crippen LogP contribution >= 0.6 is 27.3 Å². The van der Waals surface area contributed by atoms with Crippen molar-refractivity contribution >= 4 is 42.4 Å². The first-order valence-corrected chi connectivity index (χ1v) is 12.7. The van der Waals surface area contributed by atoms with Gasteiger partial charge >= 0.3 is 0 Å². The number of halogens is 1. The maximum absolute atomic E-state index is 13.2. The van der Waals surface area contributed by atoms with Crippen LogP contribution in [0.1, 0.15) is 0 Å². The molecule has 2 aromatic carbocycles. The number of methoxy groups -OCH3 is 2. The van der Waals surface area contributed by atoms with Crippen molar-refractivity contribution < 1.29 is 17.9 Å². The van der Waals surface area contributed by atoms with Gasteiger partial charge in [0.05, 0.1) is 19.9 Å². The molecule has 0 amide bonds. The Bertz CT molecular complexity index is 1170. The minimum Gasteiger partial charge on any atom is -0.497 e. The van der Waals surface area contributed by atoms with Crippen molar-refractivity contribution in [2.75, 3.05) is 45.3 Å². The average Bonchev–Trinajstić information content (AvgIpc) is 3.29. The second-order valence-electron chi connectivity index (χ2n) is 6.93. The van der Waals surface area contributed by atoms with E-state index in [9.17, 15) is 8.42 Å². The van der Waals surface area contributed by atoms with Crippen molar-refractivity contribution in [3.05, 3.63) is 52.3 Å². The second-order valence-corrected chi connectivity index (χ2v) is 10.6. The molecule has 0 N–H and O–H groups in total. The summed E-state index contributed by atoms with van der Waals surface area (Å²) in [6.45, 7) is 1.90. The highest BCUT2D eigenvalue weighted by molar-refractivity contribution is 9.10. The summed E-state index contributed by atoms with van der Waals surface area (Å²) in [7, 11) is -0.541. The second kappa shape index (κ2) is 9.15. The van der Waals surface area contributed by atoms with Gasteiger partial charge in [0, 0.05) is 41.6 Å². The van der Waals surface area contributed by atoms with Crippen LogP contribution in [-0.2, 0) is 10.0 Å². The van der Waals surface area contributed by atoms with Gasteiger partial charge in [-0.25, -0.2) is 13.4 Å². The Morgan fingerprint density at radius 1 is 1.03 bits per heavy atom. The lowest BCUT2D eigenvalue weighted by Gasteiger charge is -2.34. The SMILES string of the molecule is COc1cccc(-c2csc(N3CCN(S(=O)(=O)c4cc(Br)ccc4OC)CC3)n2)c1. The number of anilines is 1. The first-order chi connectivity index (χ1) is 14.9. The topological polar surface area (TPSA) is 72.0 Å². The van der Waals surface area contributed by atoms with E-state index >= 15 is 0 Å². The van der Waals surface area contributed by atoms with Gasteiger partial charge in [-0.2, -0.15) is 4.31 Å². The lowest BCUT2D eigenvalue weighted by molar-refractivity contribution is 0.374. The molecule has 1 aromatic heterocycles. The maximum atomic E-state index is 13.2. The lowest BCUT2D eigenvalue weighted by atomic mass is 10.2. The molecule has 3 aromatic rings. The summed E-state index contributed by atoms with van der Waals surface area (Å²) in [5.41, 5.74) is 1.87. The van der Waals surface area contributed by atoms with Crippen LogP contribution in [0.2, 0.25) is 0 Å². The van der Waals surface area contributed by atoms with Crippen LogP contribution in [0.3, 0.4) is 0 Å². The average molecular weight is 524 g/mol. The van der Waals surface area contributed by atoms with Gasteiger partial charge in [-0.1, -0.05) is 28.1 Å². The molecule has 2 heterocycles. The Labute approximate surface area is 194 Å². The summed E-state index contributed by atoms with van der Waals surface area (Å²) in [6.07, 6.45) is 0. The number of sulfonamides is 1. The molecule has 0 spiro atoms. The van der Waals surface area contributed by atoms with Gasteiger partial charge in [0.2, 0.25) is 10.0 Å². The molecule has 0 unspecified atom stereocenters. The van der Waals surface area contributed by atoms with E-state index in [1.807, 2.05) is 29.6 Å². The quantitative estimate of drug-likeness (QED) is 0.484. The highest BCUT2D eigenvalue weighted by atomic mass is 79.9. The molecule has 0 aliphatic carbocycles. The Morgan fingerprint density at radius 2 is 1.81 bits per heavy atom. The van der Waals surface area contributed by atoms with E-state index in [1.165, 1.54) is 11.4 Å². The van der Waals surface area contributed by atoms with Gasteiger partial charge in [-0.15, -0.1) is 11.3 Å². The summed E-state index contributed by atoms with van der Waals surface area (Å²) in [5, 5.41) is 2.90. The standard InChI is InChI=1S/C21H22BrN3O4S2/c1-28-17-5-3-4-15(12-17)18-14-30-21(23-18)24-8-10-25(11-9-24)31(26,27)20-13-16(22)6-7-19(20)29-2/h3-7,12-14H,8-11H2,1-2H3. The molecule has 1 saturated heterocycles. The number of hydrogen-bond acceptors (Lipinski definition) is 7. The van der Waals surface area contributed by atoms with Crippen molar-refractivity contribution in [2.24, 2.45) is 0 Å². The fourth-order valence-corrected chi connectivity index (χ4v) is 6.44. The molecular weight excluding hydrogens is 502 g/mol. The number of nitrogens with zero attached hydrogens (tertiary/aromatic N) is 3. The number of aromatic nitrogens is 1. The Hall–Kier alpha value is -2.14. The predicted octanol–water partition coefficient (Wildman–Crippen LogP) is 4.10. The highest BCUT2D eigenvalue weighted by Crippen LogP contribution is 2.32. The van der Waals surface area contributed by atoms with Crippen LogP contribution in [0.4, 0.5) is 5.13 Å². The maximum Gasteiger partial charge on any atom is 0.246 e. The van der Waals surface area contributed by atoms with Crippen molar-refractivity contribution in [3.8, 4) is 22.8 Å². The summed E-state index contributed by atoms with van der Waals surface area (Å²) in [6, 6.07) is 12.8. The van der Waals surface area contributed by atoms with Crippen molar-refractivity contribution in [3.63, 3.8) is 0 Å². The number of thiazole rings is 1. The largest absolute Gasteiger partial charge is 0.497 e. The number of benzene rings is 2. The molecule has 0 saturated carbocycles. The summed E-state index contributed by atoms with van der Waals surface area (Å²) >= 11 is 4.91. The third-order valence-electron chi connectivity index (χ3n) is 5.11. The number of hydrogen-bond donors (Lipinski definition) is 0. The minimum atomic E-state index is -3.66. The molecule has 31 heavy (non-hydrogen) atoms. The third kappa shape index (κ3) is 4.57. The smallest absolute Gasteiger partial charge is 0.246 e. The number of rotatable bonds is 6. The minimum absolute atomic E-state index is 0.174. The summed E-state index contributed by atoms with van der Waals surface area (Å²) in [4.78, 5) is 7.06. The van der Waals surface area contributed by atoms with Crippen LogP contribution in [0.25, 0.3) is 11.3 Å². The molecule has 0 atom stereocenters. The fourth-order valence-electron chi connectivity index (χ4n) is 3.44. The molecule has 4 rings (SSSR count). The van der Waals surface area contributed by atoms with Crippen LogP contribution in [0.15, 0.2) is 57.2 Å². The molecule has 164 valence electrons. The van der Waals surface area contributed by atoms with E-state index in [2.05, 4.69) is 20.8 Å². The monoisotopic (exact) mass is 523 g/mol. The zero-order valence-corrected chi connectivity index (χ0v) is 20.3. The predicted molar refractivity (Wildman–Crippen MR) is 126 cm³/mol. The Balaban J connectivity index is 1.48. The summed E-state index contributed by atoms with van der Waals surface area (Å²) in [5.74, 6) is 1.13. The molecular formula is C21H22BrN3O4S2. The van der Waals surface area contributed by atoms with Crippen LogP contribution < -0.4 is 14.4 Å². The van der Waals surface area contributed by atoms with E-state index in [0.717, 1.165) is 22.1 Å². The Morgan fingerprint density at radius 3 is 2.52 bits per heavy atom. The van der Waals surface area contributed by atoms with Gasteiger partial charge in [0.15, 0.2) is 5.13 Å². The van der Waals surface area contributed by atoms with Crippen molar-refractivity contribution in [2.45, 2.75) is 4.90 Å². The molecule has 7 nitrogen and oxygen atoms in total. The Kier molecular flexibility index (Phi) is 6.52. The molecule has 1 fully saturated rings. The van der Waals surface area contributed by atoms with Crippen LogP contribution in [0.5, 0.6) is 11.5 Å². The normalized spacial score (nSPS) is 15.1. The van der Waals surface area contributed by atoms with Crippen LogP contribution in [-0.4, -0.2) is 58.1 Å². The molecule has 0 bridgehead atoms. The van der Waals surface area contributed by atoms with E-state index in [-0.39, 0.29) is 4.90 Å². The molecule has 10 heteroatoms. The number of piperazine rings is 1. The fraction of sp³-hybridized carbons (Fsp3) is 0.286. The van der Waals surface area contributed by atoms with E-state index in [0.29, 0.717) is 36.4 Å². The first-order valence-electron chi connectivity index (χ1n) is 9.61. The van der Waals surface area contributed by atoms with Gasteiger partial charge in [0.25, 0.3) is 0 Å². The molecule has 0 radical (unpaired) electrons. The van der Waals surface area contributed by atoms with Gasteiger partial charge in [-0.05, 0) is 30.3 Å². The highest BCUT2D eigenvalue weighted by Gasteiger charge is 2.31. The van der Waals surface area contributed by atoms with E-state index in [1.54, 1.807) is 36.6 Å². The van der Waals surface area contributed by atoms with Crippen molar-refractivity contribution in [1.82, 2.24) is 9.29 Å². The van der Waals surface area contributed by atoms with Crippen LogP contribution in [0, 0.1) is 0 Å². The van der Waals surface area contributed by atoms with Gasteiger partial charge < -0.3 is 14.4 Å². The first kappa shape index (κ1) is 22.1. The third-order valence-corrected chi connectivity index (χ3v) is 8.42. The lowest BCUT2D eigenvalue weighted by Crippen LogP contribution is -2.48. The van der Waals surface area contributed by atoms with E-state index in [4.69, 9.17) is 14.5 Å². The summed E-state index contributed by atoms with van der Waals surface area (Å²) < 4.78 is 39.2. The van der Waals surface area contributed by atoms with Gasteiger partial charge in [0.1, 0.15) is 16.4 Å². The molecule has 1 aliphatic rings. The number of ether oxygens (including phenoxy) is 2.